The first-order valence-electron chi connectivity index (χ1n) is 9.76. The Balaban J connectivity index is 1.31. The molecule has 5 nitrogen and oxygen atoms in total. The highest BCUT2D eigenvalue weighted by molar-refractivity contribution is 7.13. The first-order valence-corrected chi connectivity index (χ1v) is 10.6. The number of amides is 2. The Morgan fingerprint density at radius 2 is 2.03 bits per heavy atom. The van der Waals surface area contributed by atoms with Gasteiger partial charge in [-0.25, -0.2) is 4.98 Å². The first kappa shape index (κ1) is 19.3. The number of hydrogen-bond acceptors (Lipinski definition) is 4. The minimum absolute atomic E-state index is 0.0510. The van der Waals surface area contributed by atoms with E-state index in [1.165, 1.54) is 5.56 Å². The van der Waals surface area contributed by atoms with E-state index >= 15 is 0 Å². The van der Waals surface area contributed by atoms with Crippen LogP contribution in [0.25, 0.3) is 10.6 Å². The molecule has 0 unspecified atom stereocenters. The molecule has 4 rings (SSSR count). The molecule has 0 spiro atoms. The zero-order valence-electron chi connectivity index (χ0n) is 16.4. The molecule has 1 aliphatic rings. The molecular formula is C23H23N3O2S. The molecule has 0 radical (unpaired) electrons. The Bertz CT molecular complexity index is 1030. The predicted molar refractivity (Wildman–Crippen MR) is 116 cm³/mol. The maximum atomic E-state index is 12.3. The standard InChI is InChI=1S/C23H23N3O2S/c1-16-4-2-5-18(12-16)23-25-19(15-29-23)13-21(27)24-14-17-7-9-20(10-8-17)26-11-3-6-22(26)28/h2,4-5,7-10,12,15H,3,6,11,13-14H2,1H3,(H,24,27). The summed E-state index contributed by atoms with van der Waals surface area (Å²) in [4.78, 5) is 30.5. The van der Waals surface area contributed by atoms with Crippen LogP contribution in [0.5, 0.6) is 0 Å². The van der Waals surface area contributed by atoms with Gasteiger partial charge in [-0.3, -0.25) is 9.59 Å². The van der Waals surface area contributed by atoms with Crippen molar-refractivity contribution >= 4 is 28.8 Å². The topological polar surface area (TPSA) is 62.3 Å². The summed E-state index contributed by atoms with van der Waals surface area (Å²) in [6.07, 6.45) is 1.81. The Morgan fingerprint density at radius 3 is 2.76 bits per heavy atom. The van der Waals surface area contributed by atoms with Gasteiger partial charge >= 0.3 is 0 Å². The number of benzene rings is 2. The van der Waals surface area contributed by atoms with E-state index in [0.29, 0.717) is 13.0 Å². The fourth-order valence-corrected chi connectivity index (χ4v) is 4.26. The van der Waals surface area contributed by atoms with Crippen molar-refractivity contribution in [3.8, 4) is 10.6 Å². The van der Waals surface area contributed by atoms with Crippen molar-refractivity contribution in [3.63, 3.8) is 0 Å². The third-order valence-electron chi connectivity index (χ3n) is 4.97. The molecule has 6 heteroatoms. The number of anilines is 1. The summed E-state index contributed by atoms with van der Waals surface area (Å²) in [5.74, 6) is 0.129. The third-order valence-corrected chi connectivity index (χ3v) is 5.91. The predicted octanol–water partition coefficient (Wildman–Crippen LogP) is 4.10. The Hall–Kier alpha value is -2.99. The summed E-state index contributed by atoms with van der Waals surface area (Å²) in [6.45, 7) is 3.30. The number of carbonyl (C=O) groups is 2. The molecular weight excluding hydrogens is 382 g/mol. The van der Waals surface area contributed by atoms with Crippen molar-refractivity contribution < 1.29 is 9.59 Å². The normalized spacial score (nSPS) is 13.7. The van der Waals surface area contributed by atoms with Gasteiger partial charge in [0.05, 0.1) is 12.1 Å². The number of aromatic nitrogens is 1. The van der Waals surface area contributed by atoms with Crippen LogP contribution in [-0.4, -0.2) is 23.3 Å². The van der Waals surface area contributed by atoms with Gasteiger partial charge in [0.2, 0.25) is 11.8 Å². The summed E-state index contributed by atoms with van der Waals surface area (Å²) >= 11 is 1.56. The molecule has 1 fully saturated rings. The van der Waals surface area contributed by atoms with Gasteiger partial charge in [0.1, 0.15) is 5.01 Å². The van der Waals surface area contributed by atoms with Gasteiger partial charge in [0, 0.05) is 36.1 Å². The van der Waals surface area contributed by atoms with Gasteiger partial charge in [-0.2, -0.15) is 0 Å². The van der Waals surface area contributed by atoms with Gasteiger partial charge in [0.15, 0.2) is 0 Å². The average Bonchev–Trinajstić information content (AvgIpc) is 3.36. The highest BCUT2D eigenvalue weighted by Crippen LogP contribution is 2.25. The number of rotatable bonds is 6. The molecule has 1 aromatic heterocycles. The smallest absolute Gasteiger partial charge is 0.227 e. The fraction of sp³-hybridized carbons (Fsp3) is 0.261. The fourth-order valence-electron chi connectivity index (χ4n) is 3.44. The number of hydrogen-bond donors (Lipinski definition) is 1. The van der Waals surface area contributed by atoms with E-state index in [1.54, 1.807) is 11.3 Å². The van der Waals surface area contributed by atoms with Crippen LogP contribution >= 0.6 is 11.3 Å². The average molecular weight is 406 g/mol. The molecule has 1 saturated heterocycles. The van der Waals surface area contributed by atoms with E-state index in [-0.39, 0.29) is 18.2 Å². The molecule has 2 heterocycles. The summed E-state index contributed by atoms with van der Waals surface area (Å²) < 4.78 is 0. The highest BCUT2D eigenvalue weighted by Gasteiger charge is 2.21. The van der Waals surface area contributed by atoms with Gasteiger partial charge < -0.3 is 10.2 Å². The summed E-state index contributed by atoms with van der Waals surface area (Å²) in [6, 6.07) is 16.0. The van der Waals surface area contributed by atoms with Gasteiger partial charge in [0.25, 0.3) is 0 Å². The summed E-state index contributed by atoms with van der Waals surface area (Å²) in [7, 11) is 0. The second kappa shape index (κ2) is 8.57. The van der Waals surface area contributed by atoms with E-state index in [1.807, 2.05) is 46.7 Å². The Labute approximate surface area is 174 Å². The first-order chi connectivity index (χ1) is 14.1. The second-order valence-electron chi connectivity index (χ2n) is 7.28. The van der Waals surface area contributed by atoms with Crippen LogP contribution in [0, 0.1) is 6.92 Å². The molecule has 2 aromatic carbocycles. The van der Waals surface area contributed by atoms with Crippen molar-refractivity contribution in [1.82, 2.24) is 10.3 Å². The van der Waals surface area contributed by atoms with Crippen LogP contribution < -0.4 is 10.2 Å². The summed E-state index contributed by atoms with van der Waals surface area (Å²) in [5, 5.41) is 5.83. The number of carbonyl (C=O) groups excluding carboxylic acids is 2. The van der Waals surface area contributed by atoms with Crippen molar-refractivity contribution in [1.29, 1.82) is 0 Å². The lowest BCUT2D eigenvalue weighted by Gasteiger charge is -2.16. The lowest BCUT2D eigenvalue weighted by Crippen LogP contribution is -2.25. The van der Waals surface area contributed by atoms with Gasteiger partial charge in [-0.15, -0.1) is 11.3 Å². The number of nitrogens with one attached hydrogen (secondary N) is 1. The molecule has 1 aliphatic heterocycles. The molecule has 148 valence electrons. The number of nitrogens with zero attached hydrogens (tertiary/aromatic N) is 2. The van der Waals surface area contributed by atoms with E-state index < -0.39 is 0 Å². The molecule has 0 aliphatic carbocycles. The lowest BCUT2D eigenvalue weighted by atomic mass is 10.1. The van der Waals surface area contributed by atoms with Gasteiger partial charge in [-0.05, 0) is 37.1 Å². The third kappa shape index (κ3) is 4.71. The SMILES string of the molecule is Cc1cccc(-c2nc(CC(=O)NCc3ccc(N4CCCC4=O)cc3)cs2)c1. The Kier molecular flexibility index (Phi) is 5.71. The van der Waals surface area contributed by atoms with Crippen LogP contribution in [-0.2, 0) is 22.6 Å². The number of aryl methyl sites for hydroxylation is 1. The molecule has 0 saturated carbocycles. The van der Waals surface area contributed by atoms with Crippen molar-refractivity contribution in [3.05, 3.63) is 70.7 Å². The largest absolute Gasteiger partial charge is 0.352 e. The minimum Gasteiger partial charge on any atom is -0.352 e. The zero-order chi connectivity index (χ0) is 20.2. The van der Waals surface area contributed by atoms with Crippen molar-refractivity contribution in [2.75, 3.05) is 11.4 Å². The maximum Gasteiger partial charge on any atom is 0.227 e. The minimum atomic E-state index is -0.0510. The van der Waals surface area contributed by atoms with Crippen molar-refractivity contribution in [2.45, 2.75) is 32.7 Å². The quantitative estimate of drug-likeness (QED) is 0.671. The Morgan fingerprint density at radius 1 is 1.21 bits per heavy atom. The monoisotopic (exact) mass is 405 g/mol. The van der Waals surface area contributed by atoms with Crippen LogP contribution in [0.4, 0.5) is 5.69 Å². The van der Waals surface area contributed by atoms with E-state index in [9.17, 15) is 9.59 Å². The molecule has 2 amide bonds. The molecule has 0 bridgehead atoms. The maximum absolute atomic E-state index is 12.3. The van der Waals surface area contributed by atoms with Crippen molar-refractivity contribution in [2.24, 2.45) is 0 Å². The van der Waals surface area contributed by atoms with E-state index in [2.05, 4.69) is 29.4 Å². The molecule has 3 aromatic rings. The molecule has 1 N–H and O–H groups in total. The molecule has 0 atom stereocenters. The lowest BCUT2D eigenvalue weighted by molar-refractivity contribution is -0.120. The van der Waals surface area contributed by atoms with Gasteiger partial charge in [-0.1, -0.05) is 35.9 Å². The highest BCUT2D eigenvalue weighted by atomic mass is 32.1. The van der Waals surface area contributed by atoms with E-state index in [4.69, 9.17) is 0 Å². The zero-order valence-corrected chi connectivity index (χ0v) is 17.2. The summed E-state index contributed by atoms with van der Waals surface area (Å²) in [5.41, 5.74) is 4.99. The number of thiazole rings is 1. The van der Waals surface area contributed by atoms with Crippen LogP contribution in [0.2, 0.25) is 0 Å². The van der Waals surface area contributed by atoms with E-state index in [0.717, 1.165) is 40.5 Å². The molecule has 29 heavy (non-hydrogen) atoms. The van der Waals surface area contributed by atoms with Crippen LogP contribution in [0.3, 0.4) is 0 Å². The second-order valence-corrected chi connectivity index (χ2v) is 8.14. The van der Waals surface area contributed by atoms with Crippen LogP contribution in [0.1, 0.15) is 29.7 Å². The van der Waals surface area contributed by atoms with Crippen LogP contribution in [0.15, 0.2) is 53.9 Å².